The molecule has 51 heavy (non-hydrogen) atoms. The van der Waals surface area contributed by atoms with Gasteiger partial charge in [0.15, 0.2) is 0 Å². The zero-order valence-corrected chi connectivity index (χ0v) is 29.8. The van der Waals surface area contributed by atoms with Crippen LogP contribution in [0.4, 0.5) is 0 Å². The number of hydrogen-bond donors (Lipinski definition) is 0. The summed E-state index contributed by atoms with van der Waals surface area (Å²) in [5, 5.41) is 8.02. The lowest BCUT2D eigenvalue weighted by Crippen LogP contribution is -1.82. The Morgan fingerprint density at radius 2 is 0.608 bits per heavy atom. The van der Waals surface area contributed by atoms with E-state index < -0.39 is 0 Å². The van der Waals surface area contributed by atoms with Crippen LogP contribution in [-0.4, -0.2) is 0 Å². The van der Waals surface area contributed by atoms with E-state index in [0.717, 1.165) is 0 Å². The predicted octanol–water partition coefficient (Wildman–Crippen LogP) is 15.5. The standard InChI is InChI=1S/C48H28S3/c1-3-18-42-37(9-1)38-15-5-12-34(46(38)50-42)30-25-27-32(28-26-30)36-14-7-17-40-39-16-6-13-35(47(39)51-48(36)40)31-23-21-29(22-24-31)33-11-8-20-44-45(33)41-10-2-4-19-43(41)49-44/h1-28H. The van der Waals surface area contributed by atoms with Crippen LogP contribution in [0.25, 0.3) is 105 Å². The molecular weight excluding hydrogens is 673 g/mol. The van der Waals surface area contributed by atoms with E-state index in [2.05, 4.69) is 170 Å². The summed E-state index contributed by atoms with van der Waals surface area (Å²) in [4.78, 5) is 0. The molecule has 11 rings (SSSR count). The van der Waals surface area contributed by atoms with Crippen molar-refractivity contribution in [2.45, 2.75) is 0 Å². The number of rotatable bonds is 4. The second kappa shape index (κ2) is 11.5. The largest absolute Gasteiger partial charge is 0.135 e. The first kappa shape index (κ1) is 29.2. The summed E-state index contributed by atoms with van der Waals surface area (Å²) in [5.74, 6) is 0. The molecule has 8 aromatic carbocycles. The number of thiophene rings is 3. The lowest BCUT2D eigenvalue weighted by Gasteiger charge is -2.08. The normalized spacial score (nSPS) is 11.9. The summed E-state index contributed by atoms with van der Waals surface area (Å²) in [6.07, 6.45) is 0. The van der Waals surface area contributed by atoms with Gasteiger partial charge in [-0.25, -0.2) is 0 Å². The highest BCUT2D eigenvalue weighted by molar-refractivity contribution is 7.27. The van der Waals surface area contributed by atoms with Crippen LogP contribution in [0.3, 0.4) is 0 Å². The summed E-state index contributed by atoms with van der Waals surface area (Å²) in [6, 6.07) is 62.9. The van der Waals surface area contributed by atoms with Crippen LogP contribution in [0.2, 0.25) is 0 Å². The Morgan fingerprint density at radius 3 is 1.18 bits per heavy atom. The first-order valence-electron chi connectivity index (χ1n) is 17.2. The fourth-order valence-electron chi connectivity index (χ4n) is 7.92. The number of hydrogen-bond acceptors (Lipinski definition) is 3. The highest BCUT2D eigenvalue weighted by Gasteiger charge is 2.16. The van der Waals surface area contributed by atoms with Crippen molar-refractivity contribution in [1.82, 2.24) is 0 Å². The average Bonchev–Trinajstić information content (AvgIpc) is 3.89. The Bertz CT molecular complexity index is 3120. The van der Waals surface area contributed by atoms with Crippen LogP contribution in [0, 0.1) is 0 Å². The van der Waals surface area contributed by atoms with E-state index in [1.807, 2.05) is 34.0 Å². The van der Waals surface area contributed by atoms with Gasteiger partial charge in [-0.3, -0.25) is 0 Å². The van der Waals surface area contributed by atoms with Crippen molar-refractivity contribution in [3.05, 3.63) is 170 Å². The maximum Gasteiger partial charge on any atom is 0.0434 e. The van der Waals surface area contributed by atoms with Gasteiger partial charge in [-0.05, 0) is 62.7 Å². The molecule has 238 valence electrons. The quantitative estimate of drug-likeness (QED) is 0.171. The van der Waals surface area contributed by atoms with Crippen molar-refractivity contribution in [3.63, 3.8) is 0 Å². The van der Waals surface area contributed by atoms with Gasteiger partial charge >= 0.3 is 0 Å². The maximum absolute atomic E-state index is 2.30. The van der Waals surface area contributed by atoms with Gasteiger partial charge in [0.2, 0.25) is 0 Å². The fraction of sp³-hybridized carbons (Fsp3) is 0. The molecule has 3 heterocycles. The number of fused-ring (bicyclic) bond motifs is 9. The minimum atomic E-state index is 1.25. The molecule has 3 heteroatoms. The SMILES string of the molecule is c1ccc2c(c1)sc1c(-c3ccc(-c4cccc5c4sc4c(-c6ccc(-c7cccc8sc9ccccc9c78)cc6)cccc45)cc3)cccc12. The number of benzene rings is 8. The Labute approximate surface area is 307 Å². The molecule has 0 N–H and O–H groups in total. The Morgan fingerprint density at radius 1 is 0.235 bits per heavy atom. The minimum Gasteiger partial charge on any atom is -0.135 e. The lowest BCUT2D eigenvalue weighted by molar-refractivity contribution is 1.64. The van der Waals surface area contributed by atoms with Crippen LogP contribution >= 0.6 is 34.0 Å². The van der Waals surface area contributed by atoms with Crippen molar-refractivity contribution in [3.8, 4) is 44.5 Å². The van der Waals surface area contributed by atoms with Crippen LogP contribution in [0.1, 0.15) is 0 Å². The first-order valence-corrected chi connectivity index (χ1v) is 19.7. The Kier molecular flexibility index (Phi) is 6.57. The fourth-order valence-corrected chi connectivity index (χ4v) is 11.7. The van der Waals surface area contributed by atoms with E-state index in [4.69, 9.17) is 0 Å². The van der Waals surface area contributed by atoms with Crippen molar-refractivity contribution in [2.75, 3.05) is 0 Å². The molecule has 0 saturated carbocycles. The molecule has 0 aliphatic heterocycles. The van der Waals surface area contributed by atoms with E-state index in [1.165, 1.54) is 105 Å². The zero-order chi connectivity index (χ0) is 33.5. The topological polar surface area (TPSA) is 0 Å². The third kappa shape index (κ3) is 4.56. The molecule has 0 amide bonds. The average molecular weight is 701 g/mol. The van der Waals surface area contributed by atoms with Crippen molar-refractivity contribution in [1.29, 1.82) is 0 Å². The molecule has 0 aliphatic carbocycles. The van der Waals surface area contributed by atoms with Crippen molar-refractivity contribution in [2.24, 2.45) is 0 Å². The highest BCUT2D eigenvalue weighted by Crippen LogP contribution is 2.46. The summed E-state index contributed by atoms with van der Waals surface area (Å²) in [6.45, 7) is 0. The molecule has 11 aromatic rings. The van der Waals surface area contributed by atoms with Gasteiger partial charge in [-0.1, -0.05) is 152 Å². The molecule has 0 atom stereocenters. The van der Waals surface area contributed by atoms with Gasteiger partial charge in [-0.2, -0.15) is 0 Å². The highest BCUT2D eigenvalue weighted by atomic mass is 32.1. The first-order chi connectivity index (χ1) is 25.3. The smallest absolute Gasteiger partial charge is 0.0434 e. The van der Waals surface area contributed by atoms with Gasteiger partial charge in [0, 0.05) is 60.5 Å². The van der Waals surface area contributed by atoms with Crippen LogP contribution in [0.5, 0.6) is 0 Å². The van der Waals surface area contributed by atoms with E-state index in [9.17, 15) is 0 Å². The lowest BCUT2D eigenvalue weighted by atomic mass is 9.96. The predicted molar refractivity (Wildman–Crippen MR) is 227 cm³/mol. The summed E-state index contributed by atoms with van der Waals surface area (Å²) < 4.78 is 8.06. The van der Waals surface area contributed by atoms with Crippen molar-refractivity contribution < 1.29 is 0 Å². The molecule has 3 aromatic heterocycles. The second-order valence-corrected chi connectivity index (χ2v) is 16.3. The van der Waals surface area contributed by atoms with Crippen molar-refractivity contribution >= 4 is 94.5 Å². The second-order valence-electron chi connectivity index (χ2n) is 13.2. The molecule has 0 radical (unpaired) electrons. The summed E-state index contributed by atoms with van der Waals surface area (Å²) in [7, 11) is 0. The van der Waals surface area contributed by atoms with Crippen LogP contribution in [-0.2, 0) is 0 Å². The van der Waals surface area contributed by atoms with Gasteiger partial charge in [0.05, 0.1) is 0 Å². The Balaban J connectivity index is 0.981. The molecule has 0 aliphatic rings. The molecule has 0 spiro atoms. The summed E-state index contributed by atoms with van der Waals surface area (Å²) >= 11 is 5.68. The van der Waals surface area contributed by atoms with Gasteiger partial charge in [0.25, 0.3) is 0 Å². The molecule has 0 nitrogen and oxygen atoms in total. The third-order valence-electron chi connectivity index (χ3n) is 10.3. The minimum absolute atomic E-state index is 1.25. The van der Waals surface area contributed by atoms with E-state index >= 15 is 0 Å². The molecule has 0 fully saturated rings. The van der Waals surface area contributed by atoms with E-state index in [0.29, 0.717) is 0 Å². The molecule has 0 saturated heterocycles. The Hall–Kier alpha value is -5.58. The molecule has 0 bridgehead atoms. The maximum atomic E-state index is 2.30. The van der Waals surface area contributed by atoms with Gasteiger partial charge in [0.1, 0.15) is 0 Å². The van der Waals surface area contributed by atoms with Gasteiger partial charge < -0.3 is 0 Å². The zero-order valence-electron chi connectivity index (χ0n) is 27.4. The van der Waals surface area contributed by atoms with Gasteiger partial charge in [-0.15, -0.1) is 34.0 Å². The van der Waals surface area contributed by atoms with E-state index in [-0.39, 0.29) is 0 Å². The monoisotopic (exact) mass is 700 g/mol. The summed E-state index contributed by atoms with van der Waals surface area (Å²) in [5.41, 5.74) is 10.2. The van der Waals surface area contributed by atoms with Crippen LogP contribution < -0.4 is 0 Å². The molecule has 0 unspecified atom stereocenters. The third-order valence-corrected chi connectivity index (χ3v) is 14.0. The van der Waals surface area contributed by atoms with Crippen LogP contribution in [0.15, 0.2) is 170 Å². The molecular formula is C48H28S3. The van der Waals surface area contributed by atoms with E-state index in [1.54, 1.807) is 0 Å².